The predicted molar refractivity (Wildman–Crippen MR) is 54.2 cm³/mol. The number of rotatable bonds is 0. The van der Waals surface area contributed by atoms with E-state index in [1.807, 2.05) is 0 Å². The average Bonchev–Trinajstić information content (AvgIpc) is 2.43. The number of nitrogens with one attached hydrogen (secondary N) is 1. The highest BCUT2D eigenvalue weighted by atomic mass is 15.2. The van der Waals surface area contributed by atoms with E-state index in [0.29, 0.717) is 0 Å². The van der Waals surface area contributed by atoms with Crippen LogP contribution in [0.25, 0.3) is 0 Å². The lowest BCUT2D eigenvalue weighted by atomic mass is 10.3. The first-order valence-corrected chi connectivity index (χ1v) is 4.97. The van der Waals surface area contributed by atoms with Crippen molar-refractivity contribution >= 4 is 0 Å². The van der Waals surface area contributed by atoms with E-state index in [0.717, 1.165) is 32.5 Å². The lowest BCUT2D eigenvalue weighted by molar-refractivity contribution is 0.438. The number of hydrogen-bond donors (Lipinski definition) is 1. The van der Waals surface area contributed by atoms with Gasteiger partial charge in [-0.25, -0.2) is 0 Å². The molecule has 13 heavy (non-hydrogen) atoms. The van der Waals surface area contributed by atoms with Crippen LogP contribution in [0.5, 0.6) is 0 Å². The first-order valence-electron chi connectivity index (χ1n) is 4.97. The molecule has 0 amide bonds. The SMILES string of the molecule is CC1=CCC=C=C2CCNCCN21. The van der Waals surface area contributed by atoms with Crippen molar-refractivity contribution in [3.8, 4) is 0 Å². The summed E-state index contributed by atoms with van der Waals surface area (Å²) in [6.45, 7) is 5.43. The fraction of sp³-hybridized carbons (Fsp3) is 0.545. The van der Waals surface area contributed by atoms with Gasteiger partial charge in [0.05, 0.1) is 5.70 Å². The molecule has 2 heteroatoms. The molecule has 0 atom stereocenters. The third kappa shape index (κ3) is 1.85. The molecular formula is C11H16N2. The van der Waals surface area contributed by atoms with Gasteiger partial charge >= 0.3 is 0 Å². The van der Waals surface area contributed by atoms with E-state index in [9.17, 15) is 0 Å². The van der Waals surface area contributed by atoms with Crippen LogP contribution >= 0.6 is 0 Å². The Morgan fingerprint density at radius 2 is 2.38 bits per heavy atom. The zero-order valence-corrected chi connectivity index (χ0v) is 8.14. The lowest BCUT2D eigenvalue weighted by Crippen LogP contribution is -2.25. The summed E-state index contributed by atoms with van der Waals surface area (Å²) in [5.74, 6) is 0. The molecule has 0 aromatic heterocycles. The molecule has 2 aliphatic heterocycles. The van der Waals surface area contributed by atoms with E-state index in [2.05, 4.69) is 35.0 Å². The van der Waals surface area contributed by atoms with Gasteiger partial charge in [-0.3, -0.25) is 0 Å². The van der Waals surface area contributed by atoms with Gasteiger partial charge in [0.15, 0.2) is 0 Å². The van der Waals surface area contributed by atoms with Gasteiger partial charge in [-0.05, 0) is 19.4 Å². The monoisotopic (exact) mass is 176 g/mol. The molecule has 1 N–H and O–H groups in total. The molecule has 2 heterocycles. The molecule has 0 bridgehead atoms. The Bertz CT molecular complexity index is 282. The quantitative estimate of drug-likeness (QED) is 0.564. The second-order valence-electron chi connectivity index (χ2n) is 3.53. The van der Waals surface area contributed by atoms with Crippen molar-refractivity contribution in [1.29, 1.82) is 0 Å². The molecule has 0 aliphatic carbocycles. The molecule has 2 aliphatic rings. The maximum atomic E-state index is 3.40. The minimum atomic E-state index is 1.03. The maximum Gasteiger partial charge on any atom is 0.0615 e. The minimum absolute atomic E-state index is 1.03. The van der Waals surface area contributed by atoms with Crippen molar-refractivity contribution in [3.63, 3.8) is 0 Å². The van der Waals surface area contributed by atoms with Crippen molar-refractivity contribution in [2.45, 2.75) is 19.8 Å². The van der Waals surface area contributed by atoms with Gasteiger partial charge in [0.1, 0.15) is 0 Å². The third-order valence-corrected chi connectivity index (χ3v) is 2.60. The van der Waals surface area contributed by atoms with Crippen LogP contribution in [0.1, 0.15) is 19.8 Å². The van der Waals surface area contributed by atoms with Crippen molar-refractivity contribution in [2.24, 2.45) is 0 Å². The maximum absolute atomic E-state index is 3.40. The minimum Gasteiger partial charge on any atom is -0.341 e. The molecule has 0 saturated carbocycles. The summed E-state index contributed by atoms with van der Waals surface area (Å²) in [6.07, 6.45) is 6.52. The zero-order chi connectivity index (χ0) is 9.10. The van der Waals surface area contributed by atoms with Gasteiger partial charge in [-0.1, -0.05) is 6.08 Å². The fourth-order valence-electron chi connectivity index (χ4n) is 1.85. The first-order chi connectivity index (χ1) is 6.38. The van der Waals surface area contributed by atoms with Crippen LogP contribution in [-0.2, 0) is 0 Å². The Morgan fingerprint density at radius 1 is 1.46 bits per heavy atom. The molecule has 0 spiro atoms. The highest BCUT2D eigenvalue weighted by Gasteiger charge is 2.14. The second kappa shape index (κ2) is 3.82. The largest absolute Gasteiger partial charge is 0.341 e. The van der Waals surface area contributed by atoms with E-state index < -0.39 is 0 Å². The molecule has 1 fully saturated rings. The Kier molecular flexibility index (Phi) is 2.53. The fourth-order valence-corrected chi connectivity index (χ4v) is 1.85. The molecule has 2 rings (SSSR count). The Balaban J connectivity index is 2.29. The molecule has 0 radical (unpaired) electrons. The summed E-state index contributed by atoms with van der Waals surface area (Å²) in [7, 11) is 0. The van der Waals surface area contributed by atoms with Gasteiger partial charge in [-0.15, -0.1) is 5.73 Å². The van der Waals surface area contributed by atoms with E-state index >= 15 is 0 Å². The van der Waals surface area contributed by atoms with E-state index in [1.54, 1.807) is 0 Å². The predicted octanol–water partition coefficient (Wildman–Crippen LogP) is 1.63. The van der Waals surface area contributed by atoms with Gasteiger partial charge < -0.3 is 10.2 Å². The highest BCUT2D eigenvalue weighted by Crippen LogP contribution is 2.18. The summed E-state index contributed by atoms with van der Waals surface area (Å²) < 4.78 is 0. The van der Waals surface area contributed by atoms with Gasteiger partial charge in [0.2, 0.25) is 0 Å². The number of allylic oxidation sites excluding steroid dienone is 2. The normalized spacial score (nSPS) is 22.7. The topological polar surface area (TPSA) is 15.3 Å². The molecule has 0 aromatic rings. The Labute approximate surface area is 79.6 Å². The standard InChI is InChI=1S/C11H16N2/c1-10-4-2-3-5-11-6-7-12-8-9-13(10)11/h3-4,12H,2,6-9H2,1H3. The number of hydrogen-bond acceptors (Lipinski definition) is 2. The van der Waals surface area contributed by atoms with Crippen LogP contribution in [0.4, 0.5) is 0 Å². The van der Waals surface area contributed by atoms with Crippen LogP contribution < -0.4 is 5.32 Å². The summed E-state index contributed by atoms with van der Waals surface area (Å²) in [6, 6.07) is 0. The van der Waals surface area contributed by atoms with Crippen LogP contribution in [0.15, 0.2) is 29.3 Å². The van der Waals surface area contributed by atoms with Gasteiger partial charge in [0, 0.05) is 31.8 Å². The molecular weight excluding hydrogens is 160 g/mol. The average molecular weight is 176 g/mol. The second-order valence-corrected chi connectivity index (χ2v) is 3.53. The Hall–Kier alpha value is -0.980. The number of fused-ring (bicyclic) bond motifs is 1. The molecule has 1 saturated heterocycles. The van der Waals surface area contributed by atoms with Crippen molar-refractivity contribution in [3.05, 3.63) is 29.3 Å². The lowest BCUT2D eigenvalue weighted by Gasteiger charge is -2.23. The van der Waals surface area contributed by atoms with Gasteiger partial charge in [0.25, 0.3) is 0 Å². The van der Waals surface area contributed by atoms with Crippen LogP contribution in [0, 0.1) is 0 Å². The third-order valence-electron chi connectivity index (χ3n) is 2.60. The summed E-state index contributed by atoms with van der Waals surface area (Å²) in [4.78, 5) is 2.38. The highest BCUT2D eigenvalue weighted by molar-refractivity contribution is 5.17. The van der Waals surface area contributed by atoms with E-state index in [1.165, 1.54) is 11.4 Å². The van der Waals surface area contributed by atoms with Crippen LogP contribution in [0.3, 0.4) is 0 Å². The van der Waals surface area contributed by atoms with Gasteiger partial charge in [-0.2, -0.15) is 0 Å². The molecule has 70 valence electrons. The summed E-state index contributed by atoms with van der Waals surface area (Å²) >= 11 is 0. The molecule has 2 nitrogen and oxygen atoms in total. The van der Waals surface area contributed by atoms with Crippen LogP contribution in [-0.4, -0.2) is 24.5 Å². The van der Waals surface area contributed by atoms with Crippen molar-refractivity contribution in [2.75, 3.05) is 19.6 Å². The summed E-state index contributed by atoms with van der Waals surface area (Å²) in [5.41, 5.74) is 6.10. The summed E-state index contributed by atoms with van der Waals surface area (Å²) in [5, 5.41) is 3.40. The molecule has 0 unspecified atom stereocenters. The van der Waals surface area contributed by atoms with Crippen molar-refractivity contribution in [1.82, 2.24) is 10.2 Å². The number of nitrogens with zero attached hydrogens (tertiary/aromatic N) is 1. The first kappa shape index (κ1) is 8.61. The van der Waals surface area contributed by atoms with Crippen molar-refractivity contribution < 1.29 is 0 Å². The van der Waals surface area contributed by atoms with E-state index in [-0.39, 0.29) is 0 Å². The molecule has 0 aromatic carbocycles. The zero-order valence-electron chi connectivity index (χ0n) is 8.14. The Morgan fingerprint density at radius 3 is 3.31 bits per heavy atom. The van der Waals surface area contributed by atoms with Crippen LogP contribution in [0.2, 0.25) is 0 Å². The smallest absolute Gasteiger partial charge is 0.0615 e. The van der Waals surface area contributed by atoms with E-state index in [4.69, 9.17) is 0 Å².